The fourth-order valence-electron chi connectivity index (χ4n) is 5.12. The maximum absolute atomic E-state index is 13.6. The molecule has 10 heteroatoms. The second-order valence-corrected chi connectivity index (χ2v) is 14.1. The van der Waals surface area contributed by atoms with E-state index >= 15 is 0 Å². The summed E-state index contributed by atoms with van der Waals surface area (Å²) >= 11 is 0. The Morgan fingerprint density at radius 2 is 0.939 bits per heavy atom. The lowest BCUT2D eigenvalue weighted by Crippen LogP contribution is -2.59. The molecule has 0 bridgehead atoms. The minimum absolute atomic E-state index is 0.196. The summed E-state index contributed by atoms with van der Waals surface area (Å²) in [4.78, 5) is 25.6. The topological polar surface area (TPSA) is 107 Å². The van der Waals surface area contributed by atoms with E-state index in [4.69, 9.17) is 28.4 Å². The molecule has 0 fully saturated rings. The van der Waals surface area contributed by atoms with Crippen molar-refractivity contribution in [2.75, 3.05) is 13.2 Å². The van der Waals surface area contributed by atoms with Gasteiger partial charge in [0, 0.05) is 24.0 Å². The van der Waals surface area contributed by atoms with Crippen LogP contribution in [0.25, 0.3) is 0 Å². The van der Waals surface area contributed by atoms with Gasteiger partial charge in [-0.15, -0.1) is 0 Å². The lowest BCUT2D eigenvalue weighted by Gasteiger charge is -2.44. The zero-order valence-corrected chi connectivity index (χ0v) is 33.1. The normalized spacial score (nSPS) is 15.2. The molecule has 0 aromatic carbocycles. The van der Waals surface area contributed by atoms with Gasteiger partial charge in [-0.2, -0.15) is 0 Å². The van der Waals surface area contributed by atoms with Crippen molar-refractivity contribution in [3.63, 3.8) is 0 Å². The van der Waals surface area contributed by atoms with Crippen LogP contribution in [0.3, 0.4) is 0 Å². The van der Waals surface area contributed by atoms with E-state index in [9.17, 15) is 14.2 Å². The van der Waals surface area contributed by atoms with E-state index in [1.165, 1.54) is 0 Å². The van der Waals surface area contributed by atoms with Crippen LogP contribution in [0.5, 0.6) is 0 Å². The Kier molecular flexibility index (Phi) is 28.0. The van der Waals surface area contributed by atoms with Crippen LogP contribution < -0.4 is 0 Å². The molecule has 4 unspecified atom stereocenters. The van der Waals surface area contributed by atoms with Crippen LogP contribution in [-0.2, 0) is 42.6 Å². The van der Waals surface area contributed by atoms with Crippen molar-refractivity contribution in [3.05, 3.63) is 24.3 Å². The number of hydrogen-bond donors (Lipinski definition) is 0. The summed E-state index contributed by atoms with van der Waals surface area (Å²) in [5, 5.41) is 0. The van der Waals surface area contributed by atoms with Crippen LogP contribution >= 0.6 is 8.46 Å². The van der Waals surface area contributed by atoms with E-state index in [0.29, 0.717) is 25.7 Å². The summed E-state index contributed by atoms with van der Waals surface area (Å²) in [5.41, 5.74) is -1.62. The van der Waals surface area contributed by atoms with Crippen LogP contribution in [0, 0.1) is 0 Å². The first-order valence-electron chi connectivity index (χ1n) is 19.2. The highest BCUT2D eigenvalue weighted by atomic mass is 31.1. The molecule has 0 amide bonds. The van der Waals surface area contributed by atoms with Gasteiger partial charge in [-0.1, -0.05) is 131 Å². The molecule has 0 spiro atoms. The summed E-state index contributed by atoms with van der Waals surface area (Å²) in [6.07, 6.45) is 15.7. The van der Waals surface area contributed by atoms with Crippen molar-refractivity contribution in [1.82, 2.24) is 0 Å². The van der Waals surface area contributed by atoms with Crippen LogP contribution in [-0.4, -0.2) is 49.0 Å². The predicted octanol–water partition coefficient (Wildman–Crippen LogP) is 11.5. The average molecular weight is 715 g/mol. The molecule has 0 aliphatic rings. The number of esters is 2. The quantitative estimate of drug-likeness (QED) is 0.0212. The van der Waals surface area contributed by atoms with Crippen LogP contribution in [0.15, 0.2) is 24.3 Å². The fraction of sp³-hybridized carbons (Fsp3) is 0.846. The van der Waals surface area contributed by atoms with Gasteiger partial charge in [-0.05, 0) is 46.5 Å². The number of ether oxygens (including phenoxy) is 6. The Morgan fingerprint density at radius 1 is 0.571 bits per heavy atom. The third-order valence-electron chi connectivity index (χ3n) is 8.27. The van der Waals surface area contributed by atoms with E-state index < -0.39 is 44.3 Å². The summed E-state index contributed by atoms with van der Waals surface area (Å²) in [6.45, 7) is 21.2. The van der Waals surface area contributed by atoms with Gasteiger partial charge in [-0.25, -0.2) is 9.59 Å². The standard InChI is InChI=1S/C39H71O9P/c1-10-14-18-22-26-30-43-38(9,47-34(28-24-20-16-12-3)45-36(40)32(5)6)39(49-42,44-31-27-23-19-15-11-2)48-35(29-25-21-17-13-4)46-37(41)33(7)8/h34-35H,5,7,10-31H2,1-4,6,8-9H3. The minimum atomic E-state index is -2.07. The van der Waals surface area contributed by atoms with Gasteiger partial charge in [0.2, 0.25) is 26.8 Å². The number of carbonyl (C=O) groups excluding carboxylic acids is 2. The van der Waals surface area contributed by atoms with Crippen molar-refractivity contribution in [1.29, 1.82) is 0 Å². The molecular formula is C39H71O9P. The second-order valence-electron chi connectivity index (χ2n) is 13.3. The molecular weight excluding hydrogens is 643 g/mol. The van der Waals surface area contributed by atoms with Gasteiger partial charge in [0.05, 0.1) is 13.2 Å². The lowest BCUT2D eigenvalue weighted by molar-refractivity contribution is -0.412. The van der Waals surface area contributed by atoms with Gasteiger partial charge < -0.3 is 23.7 Å². The summed E-state index contributed by atoms with van der Waals surface area (Å²) in [6, 6.07) is 0. The van der Waals surface area contributed by atoms with Crippen molar-refractivity contribution in [2.24, 2.45) is 0 Å². The maximum Gasteiger partial charge on any atom is 0.335 e. The summed E-state index contributed by atoms with van der Waals surface area (Å²) in [5.74, 6) is -3.07. The van der Waals surface area contributed by atoms with Gasteiger partial charge >= 0.3 is 17.5 Å². The second kappa shape index (κ2) is 29.0. The van der Waals surface area contributed by atoms with Crippen LogP contribution in [0.2, 0.25) is 0 Å². The molecule has 0 heterocycles. The van der Waals surface area contributed by atoms with Gasteiger partial charge in [0.1, 0.15) is 0 Å². The molecule has 4 atom stereocenters. The molecule has 0 aliphatic carbocycles. The molecule has 0 radical (unpaired) electrons. The largest absolute Gasteiger partial charge is 0.432 e. The molecule has 0 aliphatic heterocycles. The molecule has 0 saturated carbocycles. The molecule has 0 aromatic rings. The SMILES string of the molecule is C=C(C)C(=O)OC(CCCCCC)OC(C)(OCCCCCCC)C(OCCCCCCC)(OC(CCCCCC)OC(=O)C(=C)C)P=O. The molecule has 0 saturated heterocycles. The number of rotatable bonds is 34. The number of carbonyl (C=O) groups is 2. The van der Waals surface area contributed by atoms with Crippen molar-refractivity contribution in [3.8, 4) is 0 Å². The van der Waals surface area contributed by atoms with Crippen molar-refractivity contribution >= 4 is 20.4 Å². The molecule has 0 aromatic heterocycles. The van der Waals surface area contributed by atoms with Crippen molar-refractivity contribution in [2.45, 2.75) is 201 Å². The predicted molar refractivity (Wildman–Crippen MR) is 197 cm³/mol. The zero-order valence-electron chi connectivity index (χ0n) is 32.2. The fourth-order valence-corrected chi connectivity index (χ4v) is 5.71. The maximum atomic E-state index is 13.6. The molecule has 0 rings (SSSR count). The van der Waals surface area contributed by atoms with E-state index in [0.717, 1.165) is 103 Å². The molecule has 9 nitrogen and oxygen atoms in total. The first-order chi connectivity index (χ1) is 23.5. The monoisotopic (exact) mass is 714 g/mol. The third-order valence-corrected chi connectivity index (χ3v) is 9.15. The number of hydrogen-bond acceptors (Lipinski definition) is 9. The smallest absolute Gasteiger partial charge is 0.335 e. The Bertz CT molecular complexity index is 926. The van der Waals surface area contributed by atoms with E-state index in [-0.39, 0.29) is 24.4 Å². The molecule has 0 N–H and O–H groups in total. The van der Waals surface area contributed by atoms with Gasteiger partial charge in [0.25, 0.3) is 0 Å². The highest BCUT2D eigenvalue weighted by Crippen LogP contribution is 2.44. The highest BCUT2D eigenvalue weighted by molar-refractivity contribution is 7.25. The minimum Gasteiger partial charge on any atom is -0.432 e. The zero-order chi connectivity index (χ0) is 37.0. The van der Waals surface area contributed by atoms with E-state index in [2.05, 4.69) is 40.9 Å². The van der Waals surface area contributed by atoms with Gasteiger partial charge in [-0.3, -0.25) is 9.30 Å². The summed E-state index contributed by atoms with van der Waals surface area (Å²) in [7, 11) is -0.592. The first kappa shape index (κ1) is 47.4. The van der Waals surface area contributed by atoms with Crippen molar-refractivity contribution < 1.29 is 42.6 Å². The van der Waals surface area contributed by atoms with Gasteiger partial charge in [0.15, 0.2) is 0 Å². The van der Waals surface area contributed by atoms with Crippen LogP contribution in [0.4, 0.5) is 0 Å². The Labute approximate surface area is 300 Å². The number of unbranched alkanes of at least 4 members (excludes halogenated alkanes) is 14. The first-order valence-corrected chi connectivity index (χ1v) is 20.0. The lowest BCUT2D eigenvalue weighted by atomic mass is 10.1. The Morgan fingerprint density at radius 3 is 1.33 bits per heavy atom. The van der Waals surface area contributed by atoms with E-state index in [1.807, 2.05) is 0 Å². The average Bonchev–Trinajstić information content (AvgIpc) is 3.07. The molecule has 286 valence electrons. The van der Waals surface area contributed by atoms with E-state index in [1.54, 1.807) is 20.8 Å². The summed E-state index contributed by atoms with van der Waals surface area (Å²) < 4.78 is 51.2. The third kappa shape index (κ3) is 20.7. The Balaban J connectivity index is 6.85. The highest BCUT2D eigenvalue weighted by Gasteiger charge is 2.58. The molecule has 49 heavy (non-hydrogen) atoms. The van der Waals surface area contributed by atoms with Crippen LogP contribution in [0.1, 0.15) is 177 Å². The Hall–Kier alpha value is -1.64.